The van der Waals surface area contributed by atoms with Crippen molar-refractivity contribution in [3.8, 4) is 17.0 Å². The van der Waals surface area contributed by atoms with Crippen LogP contribution in [0.2, 0.25) is 0 Å². The van der Waals surface area contributed by atoms with Gasteiger partial charge in [0.2, 0.25) is 5.88 Å². The quantitative estimate of drug-likeness (QED) is 0.732. The lowest BCUT2D eigenvalue weighted by Gasteiger charge is -2.09. The number of amides is 1. The first kappa shape index (κ1) is 18.4. The zero-order valence-corrected chi connectivity index (χ0v) is 15.2. The van der Waals surface area contributed by atoms with E-state index in [0.717, 1.165) is 37.0 Å². The van der Waals surface area contributed by atoms with E-state index >= 15 is 0 Å². The molecular formula is C21H26N2O3. The summed E-state index contributed by atoms with van der Waals surface area (Å²) in [4.78, 5) is 16.4. The number of unbranched alkanes of at least 4 members (excludes halogenated alkanes) is 1. The first-order valence-corrected chi connectivity index (χ1v) is 9.26. The molecule has 1 aromatic heterocycles. The number of methoxy groups -OCH3 is 1. The molecule has 5 heteroatoms. The van der Waals surface area contributed by atoms with Crippen molar-refractivity contribution in [2.75, 3.05) is 20.3 Å². The first-order valence-electron chi connectivity index (χ1n) is 9.26. The molecule has 1 saturated heterocycles. The summed E-state index contributed by atoms with van der Waals surface area (Å²) in [7, 11) is 1.60. The predicted molar refractivity (Wildman–Crippen MR) is 101 cm³/mol. The second kappa shape index (κ2) is 9.34. The summed E-state index contributed by atoms with van der Waals surface area (Å²) >= 11 is 0. The minimum absolute atomic E-state index is 0.0264. The molecule has 1 atom stereocenters. The largest absolute Gasteiger partial charge is 0.481 e. The van der Waals surface area contributed by atoms with Crippen molar-refractivity contribution in [1.29, 1.82) is 0 Å². The van der Waals surface area contributed by atoms with Gasteiger partial charge < -0.3 is 14.8 Å². The summed E-state index contributed by atoms with van der Waals surface area (Å²) in [6, 6.07) is 11.4. The van der Waals surface area contributed by atoms with Crippen LogP contribution in [0.5, 0.6) is 5.88 Å². The first-order chi connectivity index (χ1) is 12.8. The fourth-order valence-electron chi connectivity index (χ4n) is 3.16. The molecule has 2 heterocycles. The molecule has 1 fully saturated rings. The monoisotopic (exact) mass is 354 g/mol. The van der Waals surface area contributed by atoms with Crippen molar-refractivity contribution < 1.29 is 14.3 Å². The molecule has 138 valence electrons. The van der Waals surface area contributed by atoms with Crippen LogP contribution in [0.15, 0.2) is 42.6 Å². The number of hydrogen-bond acceptors (Lipinski definition) is 4. The summed E-state index contributed by atoms with van der Waals surface area (Å²) in [6.45, 7) is 1.61. The molecule has 1 unspecified atom stereocenters. The van der Waals surface area contributed by atoms with Gasteiger partial charge in [0.25, 0.3) is 5.91 Å². The van der Waals surface area contributed by atoms with Crippen LogP contribution in [0.4, 0.5) is 0 Å². The number of pyridine rings is 1. The van der Waals surface area contributed by atoms with Gasteiger partial charge in [-0.1, -0.05) is 12.1 Å². The number of benzene rings is 1. The zero-order valence-electron chi connectivity index (χ0n) is 15.2. The minimum Gasteiger partial charge on any atom is -0.481 e. The molecule has 0 saturated carbocycles. The van der Waals surface area contributed by atoms with Gasteiger partial charge in [-0.05, 0) is 55.9 Å². The van der Waals surface area contributed by atoms with Gasteiger partial charge in [-0.25, -0.2) is 4.98 Å². The highest BCUT2D eigenvalue weighted by atomic mass is 16.5. The van der Waals surface area contributed by atoms with Crippen LogP contribution >= 0.6 is 0 Å². The Morgan fingerprint density at radius 1 is 1.19 bits per heavy atom. The van der Waals surface area contributed by atoms with Crippen molar-refractivity contribution in [1.82, 2.24) is 10.3 Å². The molecular weight excluding hydrogens is 328 g/mol. The van der Waals surface area contributed by atoms with E-state index in [0.29, 0.717) is 24.1 Å². The summed E-state index contributed by atoms with van der Waals surface area (Å²) in [5.74, 6) is 0.561. The molecule has 1 aromatic carbocycles. The number of hydrogen-bond donors (Lipinski definition) is 1. The van der Waals surface area contributed by atoms with Gasteiger partial charge in [0.1, 0.15) is 0 Å². The highest BCUT2D eigenvalue weighted by Crippen LogP contribution is 2.21. The van der Waals surface area contributed by atoms with Crippen LogP contribution in [0, 0.1) is 0 Å². The molecule has 5 nitrogen and oxygen atoms in total. The van der Waals surface area contributed by atoms with Gasteiger partial charge in [0.15, 0.2) is 0 Å². The number of ether oxygens (including phenoxy) is 2. The van der Waals surface area contributed by atoms with Gasteiger partial charge in [-0.3, -0.25) is 4.79 Å². The lowest BCUT2D eigenvalue weighted by molar-refractivity contribution is 0.0947. The Bertz CT molecular complexity index is 692. The Labute approximate surface area is 154 Å². The number of nitrogens with zero attached hydrogens (tertiary/aromatic N) is 1. The second-order valence-corrected chi connectivity index (χ2v) is 6.55. The van der Waals surface area contributed by atoms with Crippen molar-refractivity contribution >= 4 is 5.91 Å². The third-order valence-corrected chi connectivity index (χ3v) is 4.69. The topological polar surface area (TPSA) is 60.5 Å². The Kier molecular flexibility index (Phi) is 6.61. The van der Waals surface area contributed by atoms with Crippen LogP contribution < -0.4 is 10.1 Å². The number of aromatic nitrogens is 1. The molecule has 0 spiro atoms. The van der Waals surface area contributed by atoms with Crippen LogP contribution in [0.3, 0.4) is 0 Å². The van der Waals surface area contributed by atoms with E-state index in [2.05, 4.69) is 10.3 Å². The van der Waals surface area contributed by atoms with E-state index in [1.165, 1.54) is 12.8 Å². The number of rotatable bonds is 8. The smallest absolute Gasteiger partial charge is 0.251 e. The Hall–Kier alpha value is -2.40. The van der Waals surface area contributed by atoms with Crippen molar-refractivity contribution in [2.45, 2.75) is 38.2 Å². The fraction of sp³-hybridized carbons (Fsp3) is 0.429. The van der Waals surface area contributed by atoms with Gasteiger partial charge in [-0.2, -0.15) is 0 Å². The molecule has 1 aliphatic heterocycles. The van der Waals surface area contributed by atoms with Crippen LogP contribution in [-0.2, 0) is 4.74 Å². The van der Waals surface area contributed by atoms with E-state index in [4.69, 9.17) is 9.47 Å². The maximum absolute atomic E-state index is 12.2. The number of carbonyl (C=O) groups excluding carboxylic acids is 1. The number of carbonyl (C=O) groups is 1. The van der Waals surface area contributed by atoms with Gasteiger partial charge >= 0.3 is 0 Å². The average molecular weight is 354 g/mol. The van der Waals surface area contributed by atoms with Crippen LogP contribution in [0.25, 0.3) is 11.1 Å². The molecule has 3 rings (SSSR count). The maximum atomic E-state index is 12.2. The lowest BCUT2D eigenvalue weighted by Crippen LogP contribution is -2.24. The maximum Gasteiger partial charge on any atom is 0.251 e. The molecule has 0 aliphatic carbocycles. The Morgan fingerprint density at radius 2 is 2.00 bits per heavy atom. The number of nitrogens with one attached hydrogen (secondary N) is 1. The third-order valence-electron chi connectivity index (χ3n) is 4.69. The molecule has 1 N–H and O–H groups in total. The van der Waals surface area contributed by atoms with Crippen molar-refractivity contribution in [3.05, 3.63) is 48.2 Å². The minimum atomic E-state index is -0.0264. The standard InChI is InChI=1S/C21H26N2O3/c1-25-20-12-11-18(15-23-20)16-7-9-17(10-8-16)21(24)22-13-3-2-5-19-6-4-14-26-19/h7-12,15,19H,2-6,13-14H2,1H3,(H,22,24). The summed E-state index contributed by atoms with van der Waals surface area (Å²) in [6.07, 6.45) is 7.75. The average Bonchev–Trinajstić information content (AvgIpc) is 3.21. The van der Waals surface area contributed by atoms with Gasteiger partial charge in [-0.15, -0.1) is 0 Å². The van der Waals surface area contributed by atoms with Crippen LogP contribution in [-0.4, -0.2) is 37.3 Å². The lowest BCUT2D eigenvalue weighted by atomic mass is 10.1. The summed E-state index contributed by atoms with van der Waals surface area (Å²) < 4.78 is 10.7. The SMILES string of the molecule is COc1ccc(-c2ccc(C(=O)NCCCCC3CCCO3)cc2)cn1. The van der Waals surface area contributed by atoms with E-state index in [1.807, 2.05) is 36.4 Å². The summed E-state index contributed by atoms with van der Waals surface area (Å²) in [5.41, 5.74) is 2.69. The zero-order chi connectivity index (χ0) is 18.2. The van der Waals surface area contributed by atoms with Crippen LogP contribution in [0.1, 0.15) is 42.5 Å². The fourth-order valence-corrected chi connectivity index (χ4v) is 3.16. The van der Waals surface area contributed by atoms with E-state index in [1.54, 1.807) is 13.3 Å². The second-order valence-electron chi connectivity index (χ2n) is 6.55. The molecule has 0 radical (unpaired) electrons. The van der Waals surface area contributed by atoms with E-state index < -0.39 is 0 Å². The Morgan fingerprint density at radius 3 is 2.65 bits per heavy atom. The Balaban J connectivity index is 1.44. The van der Waals surface area contributed by atoms with E-state index in [9.17, 15) is 4.79 Å². The predicted octanol–water partition coefficient (Wildman–Crippen LogP) is 3.84. The van der Waals surface area contributed by atoms with Gasteiger partial charge in [0.05, 0.1) is 13.2 Å². The van der Waals surface area contributed by atoms with E-state index in [-0.39, 0.29) is 5.91 Å². The summed E-state index contributed by atoms with van der Waals surface area (Å²) in [5, 5.41) is 2.99. The molecule has 1 aliphatic rings. The van der Waals surface area contributed by atoms with Gasteiger partial charge in [0, 0.05) is 36.5 Å². The normalized spacial score (nSPS) is 16.4. The molecule has 0 bridgehead atoms. The molecule has 2 aromatic rings. The highest BCUT2D eigenvalue weighted by Gasteiger charge is 2.14. The molecule has 1 amide bonds. The van der Waals surface area contributed by atoms with Crippen molar-refractivity contribution in [2.24, 2.45) is 0 Å². The highest BCUT2D eigenvalue weighted by molar-refractivity contribution is 5.94. The van der Waals surface area contributed by atoms with Crippen molar-refractivity contribution in [3.63, 3.8) is 0 Å². The third kappa shape index (κ3) is 5.05. The molecule has 26 heavy (non-hydrogen) atoms.